The molecule has 23 heavy (non-hydrogen) atoms. The van der Waals surface area contributed by atoms with Crippen molar-refractivity contribution in [2.45, 2.75) is 38.8 Å². The molecule has 6 nitrogen and oxygen atoms in total. The second-order valence-electron chi connectivity index (χ2n) is 5.47. The maximum Gasteiger partial charge on any atom is 0.408 e. The van der Waals surface area contributed by atoms with Crippen molar-refractivity contribution in [3.63, 3.8) is 0 Å². The lowest BCUT2D eigenvalue weighted by atomic mass is 10.1. The Bertz CT molecular complexity index is 553. The number of rotatable bonds is 8. The van der Waals surface area contributed by atoms with E-state index in [4.69, 9.17) is 9.47 Å². The van der Waals surface area contributed by atoms with Crippen LogP contribution in [-0.4, -0.2) is 30.5 Å². The van der Waals surface area contributed by atoms with Crippen molar-refractivity contribution in [3.8, 4) is 0 Å². The zero-order valence-electron chi connectivity index (χ0n) is 13.1. The Morgan fingerprint density at radius 3 is 2.48 bits per heavy atom. The summed E-state index contributed by atoms with van der Waals surface area (Å²) in [5.41, 5.74) is 0.864. The van der Waals surface area contributed by atoms with E-state index in [-0.39, 0.29) is 31.3 Å². The molecule has 0 spiro atoms. The SMILES string of the molecule is CCOC(=O)CC(=O)C(NC(=O)OCc1ccccc1)C1CC1. The summed E-state index contributed by atoms with van der Waals surface area (Å²) in [5, 5.41) is 2.58. The summed E-state index contributed by atoms with van der Waals surface area (Å²) in [6.07, 6.45) is 0.743. The Kier molecular flexibility index (Phi) is 6.14. The summed E-state index contributed by atoms with van der Waals surface area (Å²) in [5.74, 6) is -0.814. The first kappa shape index (κ1) is 17.0. The van der Waals surface area contributed by atoms with E-state index in [9.17, 15) is 14.4 Å². The van der Waals surface area contributed by atoms with Gasteiger partial charge in [-0.25, -0.2) is 4.79 Å². The second kappa shape index (κ2) is 8.31. The fourth-order valence-corrected chi connectivity index (χ4v) is 2.25. The number of hydrogen-bond acceptors (Lipinski definition) is 5. The standard InChI is InChI=1S/C17H21NO5/c1-2-22-15(20)10-14(19)16(13-8-9-13)18-17(21)23-11-12-6-4-3-5-7-12/h3-7,13,16H,2,8-11H2,1H3,(H,18,21). The van der Waals surface area contributed by atoms with E-state index < -0.39 is 18.1 Å². The van der Waals surface area contributed by atoms with Gasteiger partial charge in [-0.3, -0.25) is 9.59 Å². The highest BCUT2D eigenvalue weighted by molar-refractivity contribution is 6.00. The van der Waals surface area contributed by atoms with E-state index in [2.05, 4.69) is 5.32 Å². The number of ether oxygens (including phenoxy) is 2. The van der Waals surface area contributed by atoms with E-state index in [0.29, 0.717) is 0 Å². The summed E-state index contributed by atoms with van der Waals surface area (Å²) >= 11 is 0. The Hall–Kier alpha value is -2.37. The smallest absolute Gasteiger partial charge is 0.408 e. The van der Waals surface area contributed by atoms with Crippen molar-refractivity contribution in [2.24, 2.45) is 5.92 Å². The highest BCUT2D eigenvalue weighted by Crippen LogP contribution is 2.33. The van der Waals surface area contributed by atoms with Crippen LogP contribution in [0.3, 0.4) is 0 Å². The second-order valence-corrected chi connectivity index (χ2v) is 5.47. The molecule has 0 heterocycles. The molecule has 1 aromatic carbocycles. The minimum Gasteiger partial charge on any atom is -0.466 e. The van der Waals surface area contributed by atoms with Gasteiger partial charge in [-0.2, -0.15) is 0 Å². The van der Waals surface area contributed by atoms with E-state index in [1.165, 1.54) is 0 Å². The average Bonchev–Trinajstić information content (AvgIpc) is 3.36. The van der Waals surface area contributed by atoms with Gasteiger partial charge in [0.2, 0.25) is 0 Å². The number of alkyl carbamates (subject to hydrolysis) is 1. The Balaban J connectivity index is 1.82. The number of Topliss-reactive ketones (excluding diaryl/α,β-unsaturated/α-hetero) is 1. The first-order chi connectivity index (χ1) is 11.1. The zero-order chi connectivity index (χ0) is 16.7. The molecule has 1 fully saturated rings. The predicted octanol–water partition coefficient (Wildman–Crippen LogP) is 2.21. The number of esters is 1. The van der Waals surface area contributed by atoms with Crippen LogP contribution in [0.15, 0.2) is 30.3 Å². The van der Waals surface area contributed by atoms with Crippen LogP contribution in [0.4, 0.5) is 4.79 Å². The molecule has 6 heteroatoms. The lowest BCUT2D eigenvalue weighted by molar-refractivity contribution is -0.146. The van der Waals surface area contributed by atoms with Gasteiger partial charge in [0, 0.05) is 0 Å². The Labute approximate surface area is 135 Å². The molecule has 1 aliphatic carbocycles. The molecule has 0 saturated heterocycles. The van der Waals surface area contributed by atoms with E-state index in [1.54, 1.807) is 6.92 Å². The average molecular weight is 319 g/mol. The van der Waals surface area contributed by atoms with Crippen molar-refractivity contribution in [1.82, 2.24) is 5.32 Å². The van der Waals surface area contributed by atoms with Crippen LogP contribution in [0.1, 0.15) is 31.7 Å². The summed E-state index contributed by atoms with van der Waals surface area (Å²) in [6, 6.07) is 8.59. The highest BCUT2D eigenvalue weighted by Gasteiger charge is 2.38. The van der Waals surface area contributed by atoms with Crippen molar-refractivity contribution >= 4 is 17.8 Å². The van der Waals surface area contributed by atoms with Gasteiger partial charge in [0.25, 0.3) is 0 Å². The van der Waals surface area contributed by atoms with Crippen molar-refractivity contribution in [2.75, 3.05) is 6.61 Å². The zero-order valence-corrected chi connectivity index (χ0v) is 13.1. The monoisotopic (exact) mass is 319 g/mol. The number of ketones is 1. The van der Waals surface area contributed by atoms with Crippen LogP contribution < -0.4 is 5.32 Å². The van der Waals surface area contributed by atoms with Crippen LogP contribution in [-0.2, 0) is 25.7 Å². The summed E-state index contributed by atoms with van der Waals surface area (Å²) in [6.45, 7) is 2.04. The molecule has 1 N–H and O–H groups in total. The summed E-state index contributed by atoms with van der Waals surface area (Å²) in [7, 11) is 0. The molecule has 1 unspecified atom stereocenters. The van der Waals surface area contributed by atoms with Gasteiger partial charge in [0.05, 0.1) is 12.6 Å². The number of benzene rings is 1. The normalized spacial score (nSPS) is 14.7. The molecule has 124 valence electrons. The van der Waals surface area contributed by atoms with Crippen LogP contribution in [0.5, 0.6) is 0 Å². The van der Waals surface area contributed by atoms with E-state index in [1.807, 2.05) is 30.3 Å². The molecule has 0 bridgehead atoms. The topological polar surface area (TPSA) is 81.7 Å². The fraction of sp³-hybridized carbons (Fsp3) is 0.471. The fourth-order valence-electron chi connectivity index (χ4n) is 2.25. The van der Waals surface area contributed by atoms with Gasteiger partial charge < -0.3 is 14.8 Å². The predicted molar refractivity (Wildman–Crippen MR) is 82.5 cm³/mol. The molecule has 1 aliphatic rings. The Morgan fingerprint density at radius 1 is 1.17 bits per heavy atom. The van der Waals surface area contributed by atoms with Crippen molar-refractivity contribution < 1.29 is 23.9 Å². The number of carbonyl (C=O) groups is 3. The molecule has 0 aromatic heterocycles. The van der Waals surface area contributed by atoms with Crippen molar-refractivity contribution in [1.29, 1.82) is 0 Å². The van der Waals surface area contributed by atoms with Crippen molar-refractivity contribution in [3.05, 3.63) is 35.9 Å². The maximum atomic E-state index is 12.1. The molecule has 1 aromatic rings. The first-order valence-corrected chi connectivity index (χ1v) is 7.75. The third kappa shape index (κ3) is 5.73. The molecular formula is C17H21NO5. The molecule has 0 aliphatic heterocycles. The largest absolute Gasteiger partial charge is 0.466 e. The number of hydrogen-bond donors (Lipinski definition) is 1. The lowest BCUT2D eigenvalue weighted by Gasteiger charge is -2.16. The lowest BCUT2D eigenvalue weighted by Crippen LogP contribution is -2.43. The number of amides is 1. The van der Waals surface area contributed by atoms with Gasteiger partial charge >= 0.3 is 12.1 Å². The van der Waals surface area contributed by atoms with Crippen LogP contribution in [0, 0.1) is 5.92 Å². The third-order valence-electron chi connectivity index (χ3n) is 3.55. The van der Waals surface area contributed by atoms with Gasteiger partial charge in [0.1, 0.15) is 13.0 Å². The molecule has 1 atom stereocenters. The maximum absolute atomic E-state index is 12.1. The highest BCUT2D eigenvalue weighted by atomic mass is 16.5. The summed E-state index contributed by atoms with van der Waals surface area (Å²) < 4.78 is 9.89. The summed E-state index contributed by atoms with van der Waals surface area (Å²) in [4.78, 5) is 35.4. The Morgan fingerprint density at radius 2 is 1.87 bits per heavy atom. The molecular weight excluding hydrogens is 298 g/mol. The van der Waals surface area contributed by atoms with Crippen LogP contribution in [0.25, 0.3) is 0 Å². The van der Waals surface area contributed by atoms with Gasteiger partial charge in [-0.1, -0.05) is 30.3 Å². The molecule has 0 radical (unpaired) electrons. The van der Waals surface area contributed by atoms with E-state index in [0.717, 1.165) is 18.4 Å². The quantitative estimate of drug-likeness (QED) is 0.587. The minimum atomic E-state index is -0.678. The van der Waals surface area contributed by atoms with Gasteiger partial charge in [-0.05, 0) is 31.2 Å². The minimum absolute atomic E-state index is 0.0844. The number of nitrogens with one attached hydrogen (secondary N) is 1. The van der Waals surface area contributed by atoms with Gasteiger partial charge in [0.15, 0.2) is 5.78 Å². The van der Waals surface area contributed by atoms with Crippen LogP contribution >= 0.6 is 0 Å². The molecule has 1 amide bonds. The number of carbonyl (C=O) groups excluding carboxylic acids is 3. The third-order valence-corrected chi connectivity index (χ3v) is 3.55. The first-order valence-electron chi connectivity index (χ1n) is 7.75. The van der Waals surface area contributed by atoms with Crippen LogP contribution in [0.2, 0.25) is 0 Å². The molecule has 1 saturated carbocycles. The van der Waals surface area contributed by atoms with Gasteiger partial charge in [-0.15, -0.1) is 0 Å². The van der Waals surface area contributed by atoms with E-state index >= 15 is 0 Å². The molecule has 2 rings (SSSR count).